The van der Waals surface area contributed by atoms with Gasteiger partial charge in [-0.3, -0.25) is 29.4 Å². The number of ketones is 1. The summed E-state index contributed by atoms with van der Waals surface area (Å²) >= 11 is 5.80. The Kier molecular flexibility index (Phi) is 6.55. The Morgan fingerprint density at radius 2 is 2.00 bits per heavy atom. The number of nitrogens with zero attached hydrogens (tertiary/aromatic N) is 2. The minimum Gasteiger partial charge on any atom is -0.479 e. The molecule has 31 heavy (non-hydrogen) atoms. The average Bonchev–Trinajstić information content (AvgIpc) is 2.72. The van der Waals surface area contributed by atoms with Crippen LogP contribution in [0.2, 0.25) is 5.02 Å². The van der Waals surface area contributed by atoms with E-state index in [9.17, 15) is 24.5 Å². The zero-order valence-electron chi connectivity index (χ0n) is 16.9. The Labute approximate surface area is 183 Å². The second-order valence-corrected chi connectivity index (χ2v) is 7.44. The van der Waals surface area contributed by atoms with Crippen LogP contribution < -0.4 is 15.0 Å². The van der Waals surface area contributed by atoms with E-state index in [-0.39, 0.29) is 22.2 Å². The second kappa shape index (κ2) is 9.13. The van der Waals surface area contributed by atoms with Gasteiger partial charge in [0.05, 0.1) is 10.6 Å². The van der Waals surface area contributed by atoms with Gasteiger partial charge in [-0.2, -0.15) is 0 Å². The zero-order valence-corrected chi connectivity index (χ0v) is 17.6. The number of amides is 2. The first kappa shape index (κ1) is 22.2. The smallest absolute Gasteiger partial charge is 0.294 e. The van der Waals surface area contributed by atoms with Crippen LogP contribution in [0.15, 0.2) is 36.4 Å². The van der Waals surface area contributed by atoms with Gasteiger partial charge in [0.2, 0.25) is 5.91 Å². The van der Waals surface area contributed by atoms with Crippen molar-refractivity contribution in [3.63, 3.8) is 0 Å². The molecule has 0 aliphatic carbocycles. The lowest BCUT2D eigenvalue weighted by molar-refractivity contribution is -0.383. The second-order valence-electron chi connectivity index (χ2n) is 7.01. The predicted octanol–water partition coefficient (Wildman–Crippen LogP) is 3.98. The highest BCUT2D eigenvalue weighted by Gasteiger charge is 2.33. The summed E-state index contributed by atoms with van der Waals surface area (Å²) in [6, 6.07) is 8.59. The summed E-state index contributed by atoms with van der Waals surface area (Å²) in [5, 5.41) is 13.8. The number of hydrogen-bond donors (Lipinski definition) is 1. The van der Waals surface area contributed by atoms with Crippen molar-refractivity contribution in [2.45, 2.75) is 32.8 Å². The van der Waals surface area contributed by atoms with E-state index in [4.69, 9.17) is 16.3 Å². The van der Waals surface area contributed by atoms with Crippen molar-refractivity contribution in [3.05, 3.63) is 57.1 Å². The topological polar surface area (TPSA) is 119 Å². The molecule has 1 unspecified atom stereocenters. The molecule has 0 radical (unpaired) electrons. The molecule has 2 amide bonds. The summed E-state index contributed by atoms with van der Waals surface area (Å²) in [6.45, 7) is 3.03. The van der Waals surface area contributed by atoms with Crippen LogP contribution in [0.1, 0.15) is 37.0 Å². The summed E-state index contributed by atoms with van der Waals surface area (Å²) in [5.74, 6) is -0.833. The number of halogens is 1. The van der Waals surface area contributed by atoms with Crippen LogP contribution in [0.3, 0.4) is 0 Å². The molecule has 0 fully saturated rings. The van der Waals surface area contributed by atoms with Gasteiger partial charge >= 0.3 is 0 Å². The van der Waals surface area contributed by atoms with Crippen molar-refractivity contribution in [2.75, 3.05) is 16.8 Å². The first-order valence-corrected chi connectivity index (χ1v) is 9.98. The number of nitro benzene ring substituents is 1. The zero-order chi connectivity index (χ0) is 22.7. The molecular weight excluding hydrogens is 426 g/mol. The number of carbonyl (C=O) groups is 3. The van der Waals surface area contributed by atoms with Crippen LogP contribution in [0, 0.1) is 10.1 Å². The van der Waals surface area contributed by atoms with Gasteiger partial charge in [-0.25, -0.2) is 0 Å². The number of Topliss-reactive ketones (excluding diaryl/α,β-unsaturated/α-hetero) is 1. The molecule has 1 aliphatic rings. The van der Waals surface area contributed by atoms with E-state index in [0.717, 1.165) is 6.07 Å². The third-order valence-electron chi connectivity index (χ3n) is 4.70. The lowest BCUT2D eigenvalue weighted by atomic mass is 10.0. The Hall–Kier alpha value is -3.46. The number of ether oxygens (including phenoxy) is 1. The lowest BCUT2D eigenvalue weighted by Crippen LogP contribution is -2.47. The van der Waals surface area contributed by atoms with Crippen molar-refractivity contribution >= 4 is 46.3 Å². The Bertz CT molecular complexity index is 1070. The summed E-state index contributed by atoms with van der Waals surface area (Å²) in [5.41, 5.74) is 0.298. The van der Waals surface area contributed by atoms with Crippen LogP contribution in [0.4, 0.5) is 17.1 Å². The summed E-state index contributed by atoms with van der Waals surface area (Å²) in [7, 11) is 0. The fourth-order valence-corrected chi connectivity index (χ4v) is 3.38. The van der Waals surface area contributed by atoms with E-state index < -0.39 is 29.4 Å². The minimum atomic E-state index is -0.831. The third kappa shape index (κ3) is 4.83. The molecule has 2 aromatic rings. The molecule has 0 aromatic heterocycles. The van der Waals surface area contributed by atoms with Crippen molar-refractivity contribution in [1.82, 2.24) is 0 Å². The Morgan fingerprint density at radius 3 is 2.68 bits per heavy atom. The van der Waals surface area contributed by atoms with Crippen molar-refractivity contribution in [1.29, 1.82) is 0 Å². The van der Waals surface area contributed by atoms with Gasteiger partial charge in [0.1, 0.15) is 18.0 Å². The Morgan fingerprint density at radius 1 is 1.26 bits per heavy atom. The van der Waals surface area contributed by atoms with Gasteiger partial charge < -0.3 is 10.1 Å². The molecule has 0 saturated carbocycles. The van der Waals surface area contributed by atoms with E-state index in [0.29, 0.717) is 29.8 Å². The van der Waals surface area contributed by atoms with E-state index in [1.807, 2.05) is 6.92 Å². The van der Waals surface area contributed by atoms with Crippen LogP contribution in [0.25, 0.3) is 0 Å². The van der Waals surface area contributed by atoms with Crippen LogP contribution in [-0.2, 0) is 9.59 Å². The molecule has 10 heteroatoms. The monoisotopic (exact) mass is 445 g/mol. The number of nitro groups is 1. The van der Waals surface area contributed by atoms with Gasteiger partial charge in [0.15, 0.2) is 11.9 Å². The highest BCUT2D eigenvalue weighted by atomic mass is 35.5. The number of nitrogens with one attached hydrogen (secondary N) is 1. The molecule has 1 N–H and O–H groups in total. The molecule has 0 saturated heterocycles. The van der Waals surface area contributed by atoms with E-state index in [1.54, 1.807) is 19.1 Å². The fraction of sp³-hybridized carbons (Fsp3) is 0.286. The molecule has 1 heterocycles. The van der Waals surface area contributed by atoms with E-state index in [1.165, 1.54) is 23.1 Å². The van der Waals surface area contributed by atoms with E-state index >= 15 is 0 Å². The summed E-state index contributed by atoms with van der Waals surface area (Å²) < 4.78 is 5.59. The quantitative estimate of drug-likeness (QED) is 0.391. The molecule has 3 rings (SSSR count). The number of hydrogen-bond acceptors (Lipinski definition) is 6. The molecule has 0 bridgehead atoms. The van der Waals surface area contributed by atoms with Crippen molar-refractivity contribution in [3.8, 4) is 5.75 Å². The van der Waals surface area contributed by atoms with Gasteiger partial charge in [0.25, 0.3) is 11.6 Å². The first-order chi connectivity index (χ1) is 14.7. The molecule has 0 spiro atoms. The summed E-state index contributed by atoms with van der Waals surface area (Å²) in [6.07, 6.45) is 0.196. The number of carbonyl (C=O) groups excluding carboxylic acids is 3. The maximum Gasteiger partial charge on any atom is 0.294 e. The molecular formula is C21H20ClN3O6. The van der Waals surface area contributed by atoms with Gasteiger partial charge in [-0.1, -0.05) is 18.5 Å². The molecule has 1 aliphatic heterocycles. The minimum absolute atomic E-state index is 0.0414. The molecule has 1 atom stereocenters. The SMILES string of the molecule is CCCC(=O)c1ccc2c(c1)N(CC(=O)Nc1ccc(Cl)cc1[N+](=O)[O-])C(=O)C(C)O2. The summed E-state index contributed by atoms with van der Waals surface area (Å²) in [4.78, 5) is 49.4. The predicted molar refractivity (Wildman–Crippen MR) is 115 cm³/mol. The van der Waals surface area contributed by atoms with E-state index in [2.05, 4.69) is 5.32 Å². The first-order valence-electron chi connectivity index (χ1n) is 9.60. The van der Waals surface area contributed by atoms with Crippen LogP contribution in [-0.4, -0.2) is 35.2 Å². The maximum atomic E-state index is 12.7. The number of anilines is 2. The molecule has 162 valence electrons. The number of benzene rings is 2. The highest BCUT2D eigenvalue weighted by Crippen LogP contribution is 2.35. The number of rotatable bonds is 7. The standard InChI is InChI=1S/C21H20ClN3O6/c1-3-4-18(26)13-5-8-19-17(9-13)24(21(28)12(2)31-19)11-20(27)23-15-7-6-14(22)10-16(15)25(29)30/h5-10,12H,3-4,11H2,1-2H3,(H,23,27). The average molecular weight is 446 g/mol. The van der Waals surface area contributed by atoms with Crippen molar-refractivity contribution < 1.29 is 24.0 Å². The maximum absolute atomic E-state index is 12.7. The normalized spacial score (nSPS) is 15.1. The highest BCUT2D eigenvalue weighted by molar-refractivity contribution is 6.31. The van der Waals surface area contributed by atoms with Gasteiger partial charge in [0, 0.05) is 23.1 Å². The molecule has 2 aromatic carbocycles. The van der Waals surface area contributed by atoms with Crippen LogP contribution >= 0.6 is 11.6 Å². The molecule has 9 nitrogen and oxygen atoms in total. The third-order valence-corrected chi connectivity index (χ3v) is 4.93. The van der Waals surface area contributed by atoms with Gasteiger partial charge in [-0.05, 0) is 43.7 Å². The number of fused-ring (bicyclic) bond motifs is 1. The lowest BCUT2D eigenvalue weighted by Gasteiger charge is -2.32. The fourth-order valence-electron chi connectivity index (χ4n) is 3.21. The van der Waals surface area contributed by atoms with Crippen molar-refractivity contribution in [2.24, 2.45) is 0 Å². The van der Waals surface area contributed by atoms with Gasteiger partial charge in [-0.15, -0.1) is 0 Å². The largest absolute Gasteiger partial charge is 0.479 e. The van der Waals surface area contributed by atoms with Crippen LogP contribution in [0.5, 0.6) is 5.75 Å². The Balaban J connectivity index is 1.88.